The van der Waals surface area contributed by atoms with E-state index < -0.39 is 17.8 Å². The highest BCUT2D eigenvalue weighted by Gasteiger charge is 2.35. The van der Waals surface area contributed by atoms with Gasteiger partial charge in [0.25, 0.3) is 0 Å². The second kappa shape index (κ2) is 7.15. The third-order valence-corrected chi connectivity index (χ3v) is 4.17. The molecule has 1 fully saturated rings. The average molecular weight is 307 g/mol. The van der Waals surface area contributed by atoms with Gasteiger partial charge in [-0.25, -0.2) is 0 Å². The van der Waals surface area contributed by atoms with Crippen molar-refractivity contribution in [2.75, 3.05) is 7.11 Å². The molecule has 1 saturated carbocycles. The molecule has 3 N–H and O–H groups in total. The smallest absolute Gasteiger partial charge is 0.307 e. The molecular formula is C16H21NO5. The summed E-state index contributed by atoms with van der Waals surface area (Å²) in [5, 5.41) is 21.8. The zero-order valence-electron chi connectivity index (χ0n) is 12.5. The molecule has 0 radical (unpaired) electrons. The molecular weight excluding hydrogens is 286 g/mol. The molecule has 0 spiro atoms. The molecule has 2 atom stereocenters. The van der Waals surface area contributed by atoms with Gasteiger partial charge in [-0.15, -0.1) is 0 Å². The molecule has 22 heavy (non-hydrogen) atoms. The summed E-state index contributed by atoms with van der Waals surface area (Å²) in [5.74, 6) is -1.71. The van der Waals surface area contributed by atoms with E-state index in [1.807, 2.05) is 0 Å². The molecule has 0 bridgehead atoms. The number of methoxy groups -OCH3 is 1. The van der Waals surface area contributed by atoms with Crippen molar-refractivity contribution in [3.63, 3.8) is 0 Å². The molecule has 0 saturated heterocycles. The van der Waals surface area contributed by atoms with Gasteiger partial charge >= 0.3 is 5.97 Å². The van der Waals surface area contributed by atoms with E-state index in [1.165, 1.54) is 13.2 Å². The molecule has 2 rings (SSSR count). The zero-order valence-corrected chi connectivity index (χ0v) is 12.5. The van der Waals surface area contributed by atoms with E-state index in [-0.39, 0.29) is 18.2 Å². The van der Waals surface area contributed by atoms with Gasteiger partial charge in [-0.1, -0.05) is 12.8 Å². The van der Waals surface area contributed by atoms with Crippen molar-refractivity contribution < 1.29 is 24.5 Å². The fraction of sp³-hybridized carbons (Fsp3) is 0.500. The van der Waals surface area contributed by atoms with Crippen molar-refractivity contribution in [3.05, 3.63) is 23.8 Å². The molecule has 6 nitrogen and oxygen atoms in total. The van der Waals surface area contributed by atoms with Crippen LogP contribution in [-0.2, 0) is 16.1 Å². The summed E-state index contributed by atoms with van der Waals surface area (Å²) < 4.78 is 5.00. The van der Waals surface area contributed by atoms with Crippen molar-refractivity contribution in [3.8, 4) is 11.5 Å². The van der Waals surface area contributed by atoms with Gasteiger partial charge < -0.3 is 20.3 Å². The molecule has 1 aliphatic rings. The highest BCUT2D eigenvalue weighted by atomic mass is 16.5. The highest BCUT2D eigenvalue weighted by Crippen LogP contribution is 2.30. The first-order valence-electron chi connectivity index (χ1n) is 7.39. The summed E-state index contributed by atoms with van der Waals surface area (Å²) in [6, 6.07) is 4.84. The monoisotopic (exact) mass is 307 g/mol. The van der Waals surface area contributed by atoms with Crippen molar-refractivity contribution >= 4 is 11.9 Å². The molecule has 0 heterocycles. The molecule has 1 aromatic carbocycles. The minimum atomic E-state index is -0.910. The van der Waals surface area contributed by atoms with Crippen LogP contribution in [0.4, 0.5) is 0 Å². The van der Waals surface area contributed by atoms with E-state index in [0.717, 1.165) is 12.8 Å². The number of carboxylic acid groups (broad SMARTS) is 1. The molecule has 0 aromatic heterocycles. The molecule has 1 amide bonds. The van der Waals surface area contributed by atoms with E-state index in [9.17, 15) is 19.8 Å². The number of benzene rings is 1. The zero-order chi connectivity index (χ0) is 16.1. The Hall–Kier alpha value is -2.24. The van der Waals surface area contributed by atoms with Gasteiger partial charge in [0.2, 0.25) is 5.91 Å². The fourth-order valence-corrected chi connectivity index (χ4v) is 2.87. The lowest BCUT2D eigenvalue weighted by atomic mass is 9.78. The van der Waals surface area contributed by atoms with Crippen LogP contribution in [0.3, 0.4) is 0 Å². The first-order chi connectivity index (χ1) is 10.5. The summed E-state index contributed by atoms with van der Waals surface area (Å²) in [5.41, 5.74) is 0.567. The topological polar surface area (TPSA) is 95.9 Å². The van der Waals surface area contributed by atoms with E-state index in [4.69, 9.17) is 4.74 Å². The van der Waals surface area contributed by atoms with Crippen LogP contribution in [0.25, 0.3) is 0 Å². The van der Waals surface area contributed by atoms with Crippen molar-refractivity contribution in [1.29, 1.82) is 0 Å². The number of aromatic hydroxyl groups is 1. The Bertz CT molecular complexity index is 557. The Labute approximate surface area is 129 Å². The van der Waals surface area contributed by atoms with E-state index in [0.29, 0.717) is 24.2 Å². The van der Waals surface area contributed by atoms with Crippen LogP contribution in [0.15, 0.2) is 18.2 Å². The summed E-state index contributed by atoms with van der Waals surface area (Å²) in [6.07, 6.45) is 2.86. The SMILES string of the molecule is COc1ccc(CNC(=O)C2CCCCC2C(=O)O)c(O)c1. The summed E-state index contributed by atoms with van der Waals surface area (Å²) in [6.45, 7) is 0.164. The predicted molar refractivity (Wildman–Crippen MR) is 79.6 cm³/mol. The predicted octanol–water partition coefficient (Wildman–Crippen LogP) is 1.91. The van der Waals surface area contributed by atoms with Gasteiger partial charge in [-0.2, -0.15) is 0 Å². The number of nitrogens with one attached hydrogen (secondary N) is 1. The number of hydrogen-bond donors (Lipinski definition) is 3. The van der Waals surface area contributed by atoms with Gasteiger partial charge in [-0.05, 0) is 25.0 Å². The number of ether oxygens (including phenoxy) is 1. The van der Waals surface area contributed by atoms with Gasteiger partial charge in [0, 0.05) is 18.2 Å². The quantitative estimate of drug-likeness (QED) is 0.772. The van der Waals surface area contributed by atoms with E-state index in [1.54, 1.807) is 12.1 Å². The lowest BCUT2D eigenvalue weighted by molar-refractivity contribution is -0.148. The number of hydrogen-bond acceptors (Lipinski definition) is 4. The second-order valence-corrected chi connectivity index (χ2v) is 5.55. The van der Waals surface area contributed by atoms with Crippen molar-refractivity contribution in [2.45, 2.75) is 32.2 Å². The Morgan fingerprint density at radius 3 is 2.55 bits per heavy atom. The number of aliphatic carboxylic acids is 1. The number of carbonyl (C=O) groups is 2. The lowest BCUT2D eigenvalue weighted by Crippen LogP contribution is -2.39. The van der Waals surface area contributed by atoms with Crippen LogP contribution in [0.5, 0.6) is 11.5 Å². The van der Waals surface area contributed by atoms with Gasteiger partial charge in [0.1, 0.15) is 11.5 Å². The van der Waals surface area contributed by atoms with Crippen molar-refractivity contribution in [1.82, 2.24) is 5.32 Å². The summed E-state index contributed by atoms with van der Waals surface area (Å²) in [7, 11) is 1.51. The van der Waals surface area contributed by atoms with Crippen LogP contribution in [-0.4, -0.2) is 29.2 Å². The lowest BCUT2D eigenvalue weighted by Gasteiger charge is -2.27. The Morgan fingerprint density at radius 1 is 1.27 bits per heavy atom. The summed E-state index contributed by atoms with van der Waals surface area (Å²) >= 11 is 0. The largest absolute Gasteiger partial charge is 0.507 e. The maximum atomic E-state index is 12.2. The van der Waals surface area contributed by atoms with Crippen LogP contribution in [0.1, 0.15) is 31.2 Å². The number of carboxylic acids is 1. The third-order valence-electron chi connectivity index (χ3n) is 4.17. The van der Waals surface area contributed by atoms with Gasteiger partial charge in [0.15, 0.2) is 0 Å². The number of phenolic OH excluding ortho intramolecular Hbond substituents is 1. The van der Waals surface area contributed by atoms with E-state index in [2.05, 4.69) is 5.32 Å². The first-order valence-corrected chi connectivity index (χ1v) is 7.39. The second-order valence-electron chi connectivity index (χ2n) is 5.55. The number of amides is 1. The minimum Gasteiger partial charge on any atom is -0.507 e. The van der Waals surface area contributed by atoms with Crippen LogP contribution in [0, 0.1) is 11.8 Å². The van der Waals surface area contributed by atoms with Crippen LogP contribution < -0.4 is 10.1 Å². The molecule has 6 heteroatoms. The van der Waals surface area contributed by atoms with E-state index >= 15 is 0 Å². The Balaban J connectivity index is 1.98. The normalized spacial score (nSPS) is 21.1. The Morgan fingerprint density at radius 2 is 1.95 bits per heavy atom. The maximum Gasteiger partial charge on any atom is 0.307 e. The third kappa shape index (κ3) is 3.69. The number of rotatable bonds is 5. The van der Waals surface area contributed by atoms with Crippen LogP contribution in [0.2, 0.25) is 0 Å². The fourth-order valence-electron chi connectivity index (χ4n) is 2.87. The Kier molecular flexibility index (Phi) is 5.25. The molecule has 1 aromatic rings. The average Bonchev–Trinajstić information content (AvgIpc) is 2.53. The number of phenols is 1. The highest BCUT2D eigenvalue weighted by molar-refractivity contribution is 5.84. The summed E-state index contributed by atoms with van der Waals surface area (Å²) in [4.78, 5) is 23.5. The molecule has 120 valence electrons. The first kappa shape index (κ1) is 16.1. The number of carbonyl (C=O) groups excluding carboxylic acids is 1. The van der Waals surface area contributed by atoms with Gasteiger partial charge in [0.05, 0.1) is 18.9 Å². The maximum absolute atomic E-state index is 12.2. The van der Waals surface area contributed by atoms with Crippen LogP contribution >= 0.6 is 0 Å². The molecule has 1 aliphatic carbocycles. The molecule has 0 aliphatic heterocycles. The molecule has 2 unspecified atom stereocenters. The van der Waals surface area contributed by atoms with Gasteiger partial charge in [-0.3, -0.25) is 9.59 Å². The minimum absolute atomic E-state index is 0.0399. The standard InChI is InChI=1S/C16H21NO5/c1-22-11-7-6-10(14(18)8-11)9-17-15(19)12-4-2-3-5-13(12)16(20)21/h6-8,12-13,18H,2-5,9H2,1H3,(H,17,19)(H,20,21). The van der Waals surface area contributed by atoms with Crippen molar-refractivity contribution in [2.24, 2.45) is 11.8 Å².